The van der Waals surface area contributed by atoms with Crippen LogP contribution >= 0.6 is 22.9 Å². The van der Waals surface area contributed by atoms with E-state index in [-0.39, 0.29) is 4.87 Å². The van der Waals surface area contributed by atoms with Crippen LogP contribution in [0.3, 0.4) is 0 Å². The Hall–Kier alpha value is -1.62. The second-order valence-corrected chi connectivity index (χ2v) is 6.10. The van der Waals surface area contributed by atoms with Crippen molar-refractivity contribution in [2.75, 3.05) is 13.1 Å². The summed E-state index contributed by atoms with van der Waals surface area (Å²) in [5.41, 5.74) is 1.82. The van der Waals surface area contributed by atoms with Gasteiger partial charge in [0.1, 0.15) is 0 Å². The maximum absolute atomic E-state index is 11.7. The predicted molar refractivity (Wildman–Crippen MR) is 91.1 cm³/mol. The number of aromatic nitrogens is 1. The third kappa shape index (κ3) is 4.17. The van der Waals surface area contributed by atoms with Gasteiger partial charge in [0.05, 0.1) is 5.69 Å². The summed E-state index contributed by atoms with van der Waals surface area (Å²) in [4.78, 5) is 17.8. The first-order valence-corrected chi connectivity index (χ1v) is 7.75. The molecule has 2 rings (SSSR count). The predicted octanol–water partition coefficient (Wildman–Crippen LogP) is 3.93. The average molecular weight is 321 g/mol. The van der Waals surface area contributed by atoms with Crippen LogP contribution < -0.4 is 4.87 Å². The number of rotatable bonds is 7. The van der Waals surface area contributed by atoms with Crippen molar-refractivity contribution >= 4 is 22.9 Å². The second kappa shape index (κ2) is 7.41. The number of hydrogen-bond acceptors (Lipinski definition) is 3. The zero-order valence-corrected chi connectivity index (χ0v) is 13.2. The molecule has 2 aromatic rings. The zero-order valence-electron chi connectivity index (χ0n) is 11.6. The molecule has 5 heteroatoms. The standard InChI is InChI=1S/C16H17ClN2OS/c1-3-9-19(10-4-2)11-14-15(18-16(20)21-14)12-5-7-13(17)8-6-12/h3-8H,1-2,9-11H2,(H,18,20). The molecule has 110 valence electrons. The smallest absolute Gasteiger partial charge is 0.305 e. The molecule has 21 heavy (non-hydrogen) atoms. The van der Waals surface area contributed by atoms with E-state index in [9.17, 15) is 4.79 Å². The average Bonchev–Trinajstić information content (AvgIpc) is 2.81. The summed E-state index contributed by atoms with van der Waals surface area (Å²) in [6, 6.07) is 7.47. The van der Waals surface area contributed by atoms with Gasteiger partial charge in [-0.15, -0.1) is 13.2 Å². The van der Waals surface area contributed by atoms with Gasteiger partial charge < -0.3 is 4.98 Å². The minimum atomic E-state index is -0.0490. The summed E-state index contributed by atoms with van der Waals surface area (Å²) >= 11 is 7.15. The van der Waals surface area contributed by atoms with E-state index in [1.165, 1.54) is 11.3 Å². The number of halogens is 1. The molecule has 0 unspecified atom stereocenters. The fraction of sp³-hybridized carbons (Fsp3) is 0.188. The van der Waals surface area contributed by atoms with E-state index >= 15 is 0 Å². The van der Waals surface area contributed by atoms with E-state index in [0.29, 0.717) is 11.6 Å². The van der Waals surface area contributed by atoms with Gasteiger partial charge in [0.15, 0.2) is 0 Å². The van der Waals surface area contributed by atoms with Crippen molar-refractivity contribution in [3.8, 4) is 11.3 Å². The Morgan fingerprint density at radius 1 is 1.19 bits per heavy atom. The zero-order chi connectivity index (χ0) is 15.2. The van der Waals surface area contributed by atoms with Crippen molar-refractivity contribution in [1.82, 2.24) is 9.88 Å². The van der Waals surface area contributed by atoms with Crippen LogP contribution in [-0.2, 0) is 6.54 Å². The van der Waals surface area contributed by atoms with Crippen molar-refractivity contribution in [2.45, 2.75) is 6.54 Å². The van der Waals surface area contributed by atoms with Crippen LogP contribution in [0.25, 0.3) is 11.3 Å². The number of hydrogen-bond donors (Lipinski definition) is 1. The lowest BCUT2D eigenvalue weighted by molar-refractivity contribution is 0.331. The molecule has 3 nitrogen and oxygen atoms in total. The fourth-order valence-corrected chi connectivity index (χ4v) is 3.11. The number of H-pyrrole nitrogens is 1. The molecule has 0 amide bonds. The van der Waals surface area contributed by atoms with Crippen molar-refractivity contribution in [3.63, 3.8) is 0 Å². The van der Waals surface area contributed by atoms with Crippen LogP contribution in [0.15, 0.2) is 54.4 Å². The highest BCUT2D eigenvalue weighted by Gasteiger charge is 2.13. The topological polar surface area (TPSA) is 36.1 Å². The van der Waals surface area contributed by atoms with Gasteiger partial charge in [0.25, 0.3) is 0 Å². The van der Waals surface area contributed by atoms with E-state index in [1.807, 2.05) is 36.4 Å². The third-order valence-corrected chi connectivity index (χ3v) is 4.12. The summed E-state index contributed by atoms with van der Waals surface area (Å²) in [7, 11) is 0. The number of benzene rings is 1. The Morgan fingerprint density at radius 3 is 2.38 bits per heavy atom. The lowest BCUT2D eigenvalue weighted by Gasteiger charge is -2.18. The molecule has 0 bridgehead atoms. The van der Waals surface area contributed by atoms with Gasteiger partial charge >= 0.3 is 4.87 Å². The number of nitrogens with zero attached hydrogens (tertiary/aromatic N) is 1. The Labute approximate surface area is 133 Å². The maximum Gasteiger partial charge on any atom is 0.305 e. The number of aromatic amines is 1. The SMILES string of the molecule is C=CCN(CC=C)Cc1sc(=O)[nH]c1-c1ccc(Cl)cc1. The van der Waals surface area contributed by atoms with Crippen molar-refractivity contribution < 1.29 is 0 Å². The molecule has 0 aliphatic rings. The van der Waals surface area contributed by atoms with Crippen molar-refractivity contribution in [1.29, 1.82) is 0 Å². The van der Waals surface area contributed by atoms with E-state index in [1.54, 1.807) is 0 Å². The van der Waals surface area contributed by atoms with Crippen LogP contribution in [0.4, 0.5) is 0 Å². The van der Waals surface area contributed by atoms with Crippen LogP contribution in [0.5, 0.6) is 0 Å². The minimum Gasteiger partial charge on any atom is -0.312 e. The lowest BCUT2D eigenvalue weighted by Crippen LogP contribution is -2.23. The molecule has 0 radical (unpaired) electrons. The molecular weight excluding hydrogens is 304 g/mol. The molecule has 0 atom stereocenters. The van der Waals surface area contributed by atoms with Gasteiger partial charge in [0, 0.05) is 29.5 Å². The van der Waals surface area contributed by atoms with E-state index in [4.69, 9.17) is 11.6 Å². The van der Waals surface area contributed by atoms with Gasteiger partial charge in [-0.2, -0.15) is 0 Å². The Balaban J connectivity index is 2.31. The first kappa shape index (κ1) is 15.8. The Kier molecular flexibility index (Phi) is 5.56. The summed E-state index contributed by atoms with van der Waals surface area (Å²) in [6.45, 7) is 9.70. The van der Waals surface area contributed by atoms with Gasteiger partial charge in [0.2, 0.25) is 0 Å². The molecular formula is C16H17ClN2OS. The number of nitrogens with one attached hydrogen (secondary N) is 1. The highest BCUT2D eigenvalue weighted by atomic mass is 35.5. The normalized spacial score (nSPS) is 10.8. The van der Waals surface area contributed by atoms with Crippen molar-refractivity contribution in [3.05, 3.63) is 69.1 Å². The molecule has 0 aliphatic carbocycles. The summed E-state index contributed by atoms with van der Waals surface area (Å²) in [6.07, 6.45) is 3.70. The van der Waals surface area contributed by atoms with E-state index in [2.05, 4.69) is 23.0 Å². The first-order chi connectivity index (χ1) is 10.1. The minimum absolute atomic E-state index is 0.0490. The van der Waals surface area contributed by atoms with Crippen molar-refractivity contribution in [2.24, 2.45) is 0 Å². The lowest BCUT2D eigenvalue weighted by atomic mass is 10.1. The second-order valence-electron chi connectivity index (χ2n) is 4.59. The molecule has 1 aromatic heterocycles. The molecule has 0 spiro atoms. The molecule has 0 fully saturated rings. The van der Waals surface area contributed by atoms with Crippen LogP contribution in [0.1, 0.15) is 4.88 Å². The molecule has 0 saturated carbocycles. The van der Waals surface area contributed by atoms with E-state index < -0.39 is 0 Å². The quantitative estimate of drug-likeness (QED) is 0.785. The first-order valence-electron chi connectivity index (χ1n) is 6.56. The van der Waals surface area contributed by atoms with Gasteiger partial charge in [-0.1, -0.05) is 47.2 Å². The number of thiazole rings is 1. The summed E-state index contributed by atoms with van der Waals surface area (Å²) in [5.74, 6) is 0. The van der Waals surface area contributed by atoms with Crippen LogP contribution in [0.2, 0.25) is 5.02 Å². The molecule has 1 heterocycles. The van der Waals surface area contributed by atoms with Crippen LogP contribution in [0, 0.1) is 0 Å². The van der Waals surface area contributed by atoms with Gasteiger partial charge in [-0.05, 0) is 17.7 Å². The highest BCUT2D eigenvalue weighted by molar-refractivity contribution is 7.09. The van der Waals surface area contributed by atoms with Gasteiger partial charge in [-0.25, -0.2) is 0 Å². The maximum atomic E-state index is 11.7. The highest BCUT2D eigenvalue weighted by Crippen LogP contribution is 2.25. The molecule has 1 N–H and O–H groups in total. The molecule has 0 saturated heterocycles. The third-order valence-electron chi connectivity index (χ3n) is 3.00. The fourth-order valence-electron chi connectivity index (χ4n) is 2.09. The monoisotopic (exact) mass is 320 g/mol. The van der Waals surface area contributed by atoms with Gasteiger partial charge in [-0.3, -0.25) is 9.69 Å². The van der Waals surface area contributed by atoms with Crippen LogP contribution in [-0.4, -0.2) is 23.0 Å². The van der Waals surface area contributed by atoms with E-state index in [0.717, 1.165) is 29.2 Å². The Bertz CT molecular complexity index is 662. The largest absolute Gasteiger partial charge is 0.312 e. The molecule has 1 aromatic carbocycles. The molecule has 0 aliphatic heterocycles. The summed E-state index contributed by atoms with van der Waals surface area (Å²) < 4.78 is 0. The Morgan fingerprint density at radius 2 is 1.81 bits per heavy atom. The summed E-state index contributed by atoms with van der Waals surface area (Å²) in [5, 5.41) is 0.679.